The van der Waals surface area contributed by atoms with Gasteiger partial charge in [-0.1, -0.05) is 17.7 Å². The van der Waals surface area contributed by atoms with Crippen LogP contribution in [0.2, 0.25) is 5.02 Å². The maximum Gasteiger partial charge on any atom is 0.0587 e. The summed E-state index contributed by atoms with van der Waals surface area (Å²) in [7, 11) is 0. The minimum atomic E-state index is 0.555. The van der Waals surface area contributed by atoms with E-state index in [1.54, 1.807) is 11.3 Å². The molecule has 0 amide bonds. The first-order chi connectivity index (χ1) is 6.22. The Morgan fingerprint density at radius 3 is 2.85 bits per heavy atom. The lowest BCUT2D eigenvalue weighted by Gasteiger charge is -1.98. The molecule has 0 fully saturated rings. The van der Waals surface area contributed by atoms with Crippen LogP contribution >= 0.6 is 34.5 Å². The minimum Gasteiger partial charge on any atom is -0.142 e. The molecule has 0 nitrogen and oxygen atoms in total. The van der Waals surface area contributed by atoms with Crippen LogP contribution in [0.4, 0.5) is 0 Å². The molecular weight excluding hydrogens is 223 g/mol. The first-order valence-electron chi connectivity index (χ1n) is 3.94. The molecule has 0 atom stereocenters. The molecular formula is C10H8Cl2S. The molecule has 0 spiro atoms. The number of hydrogen-bond acceptors (Lipinski definition) is 1. The van der Waals surface area contributed by atoms with Crippen molar-refractivity contribution in [1.29, 1.82) is 0 Å². The molecule has 0 radical (unpaired) electrons. The van der Waals surface area contributed by atoms with Gasteiger partial charge >= 0.3 is 0 Å². The van der Waals surface area contributed by atoms with Gasteiger partial charge < -0.3 is 0 Å². The standard InChI is InChI=1S/C10H8Cl2S/c1-6-2-8-7(4-11)5-13-10(8)9(12)3-6/h2-3,5H,4H2,1H3. The van der Waals surface area contributed by atoms with Crippen LogP contribution in [0.15, 0.2) is 17.5 Å². The Morgan fingerprint density at radius 2 is 2.15 bits per heavy atom. The number of thiophene rings is 1. The van der Waals surface area contributed by atoms with E-state index in [2.05, 4.69) is 11.4 Å². The van der Waals surface area contributed by atoms with Crippen molar-refractivity contribution < 1.29 is 0 Å². The fraction of sp³-hybridized carbons (Fsp3) is 0.200. The molecule has 1 aromatic heterocycles. The van der Waals surface area contributed by atoms with Crippen molar-refractivity contribution in [2.24, 2.45) is 0 Å². The van der Waals surface area contributed by atoms with Crippen molar-refractivity contribution in [2.45, 2.75) is 12.8 Å². The largest absolute Gasteiger partial charge is 0.142 e. The summed E-state index contributed by atoms with van der Waals surface area (Å²) in [6.45, 7) is 2.04. The molecule has 1 heterocycles. The van der Waals surface area contributed by atoms with Crippen LogP contribution in [-0.2, 0) is 5.88 Å². The number of aryl methyl sites for hydroxylation is 1. The molecule has 2 aromatic rings. The average Bonchev–Trinajstić information content (AvgIpc) is 2.47. The van der Waals surface area contributed by atoms with Crippen LogP contribution in [-0.4, -0.2) is 0 Å². The summed E-state index contributed by atoms with van der Waals surface area (Å²) in [5.74, 6) is 0.555. The number of benzene rings is 1. The molecule has 0 aliphatic carbocycles. The van der Waals surface area contributed by atoms with Gasteiger partial charge in [-0.05, 0) is 34.9 Å². The number of rotatable bonds is 1. The molecule has 0 aliphatic rings. The van der Waals surface area contributed by atoms with Gasteiger partial charge in [-0.3, -0.25) is 0 Å². The minimum absolute atomic E-state index is 0.555. The second-order valence-corrected chi connectivity index (χ2v) is 4.57. The molecule has 0 N–H and O–H groups in total. The number of hydrogen-bond donors (Lipinski definition) is 0. The molecule has 0 bridgehead atoms. The SMILES string of the molecule is Cc1cc(Cl)c2scc(CCl)c2c1. The summed E-state index contributed by atoms with van der Waals surface area (Å²) in [4.78, 5) is 0. The molecule has 0 saturated carbocycles. The highest BCUT2D eigenvalue weighted by atomic mass is 35.5. The second kappa shape index (κ2) is 3.49. The summed E-state index contributed by atoms with van der Waals surface area (Å²) >= 11 is 13.6. The van der Waals surface area contributed by atoms with E-state index in [-0.39, 0.29) is 0 Å². The lowest BCUT2D eigenvalue weighted by molar-refractivity contribution is 1.46. The third-order valence-electron chi connectivity index (χ3n) is 2.00. The first kappa shape index (κ1) is 9.32. The normalized spacial score (nSPS) is 11.0. The van der Waals surface area contributed by atoms with Gasteiger partial charge in [-0.2, -0.15) is 0 Å². The summed E-state index contributed by atoms with van der Waals surface area (Å²) in [6.07, 6.45) is 0. The van der Waals surface area contributed by atoms with Gasteiger partial charge in [0.25, 0.3) is 0 Å². The number of alkyl halides is 1. The van der Waals surface area contributed by atoms with Crippen LogP contribution in [0.5, 0.6) is 0 Å². The van der Waals surface area contributed by atoms with E-state index in [4.69, 9.17) is 23.2 Å². The van der Waals surface area contributed by atoms with Gasteiger partial charge in [0.05, 0.1) is 9.72 Å². The first-order valence-corrected chi connectivity index (χ1v) is 5.74. The molecule has 0 aliphatic heterocycles. The Hall–Kier alpha value is -0.240. The predicted octanol–water partition coefficient (Wildman–Crippen LogP) is 4.60. The Balaban J connectivity index is 2.82. The molecule has 0 unspecified atom stereocenters. The monoisotopic (exact) mass is 230 g/mol. The van der Waals surface area contributed by atoms with E-state index < -0.39 is 0 Å². The number of fused-ring (bicyclic) bond motifs is 1. The lowest BCUT2D eigenvalue weighted by atomic mass is 10.1. The van der Waals surface area contributed by atoms with Crippen LogP contribution in [0.1, 0.15) is 11.1 Å². The van der Waals surface area contributed by atoms with E-state index in [0.717, 1.165) is 9.72 Å². The highest BCUT2D eigenvalue weighted by molar-refractivity contribution is 7.18. The van der Waals surface area contributed by atoms with Crippen LogP contribution in [0.25, 0.3) is 10.1 Å². The fourth-order valence-electron chi connectivity index (χ4n) is 1.38. The van der Waals surface area contributed by atoms with Crippen LogP contribution < -0.4 is 0 Å². The smallest absolute Gasteiger partial charge is 0.0587 e. The quantitative estimate of drug-likeness (QED) is 0.629. The average molecular weight is 231 g/mol. The maximum atomic E-state index is 6.10. The molecule has 2 rings (SSSR count). The zero-order valence-electron chi connectivity index (χ0n) is 7.10. The Kier molecular flexibility index (Phi) is 2.50. The highest BCUT2D eigenvalue weighted by Gasteiger charge is 2.06. The summed E-state index contributed by atoms with van der Waals surface area (Å²) in [5, 5.41) is 4.10. The van der Waals surface area contributed by atoms with E-state index in [9.17, 15) is 0 Å². The molecule has 3 heteroatoms. The van der Waals surface area contributed by atoms with E-state index in [0.29, 0.717) is 5.88 Å². The fourth-order valence-corrected chi connectivity index (χ4v) is 3.06. The molecule has 13 heavy (non-hydrogen) atoms. The predicted molar refractivity (Wildman–Crippen MR) is 61.1 cm³/mol. The highest BCUT2D eigenvalue weighted by Crippen LogP contribution is 2.33. The zero-order chi connectivity index (χ0) is 9.42. The summed E-state index contributed by atoms with van der Waals surface area (Å²) in [6, 6.07) is 4.12. The van der Waals surface area contributed by atoms with Crippen molar-refractivity contribution in [3.05, 3.63) is 33.7 Å². The second-order valence-electron chi connectivity index (χ2n) is 3.02. The zero-order valence-corrected chi connectivity index (χ0v) is 9.43. The van der Waals surface area contributed by atoms with Crippen molar-refractivity contribution in [2.75, 3.05) is 0 Å². The van der Waals surface area contributed by atoms with E-state index in [1.165, 1.54) is 16.5 Å². The third-order valence-corrected chi connectivity index (χ3v) is 3.77. The number of halogens is 2. The van der Waals surface area contributed by atoms with Crippen molar-refractivity contribution in [3.8, 4) is 0 Å². The Morgan fingerprint density at radius 1 is 1.38 bits per heavy atom. The molecule has 1 aromatic carbocycles. The van der Waals surface area contributed by atoms with Crippen LogP contribution in [0.3, 0.4) is 0 Å². The maximum absolute atomic E-state index is 6.10. The molecule has 0 saturated heterocycles. The van der Waals surface area contributed by atoms with Gasteiger partial charge in [0.1, 0.15) is 0 Å². The molecule has 68 valence electrons. The van der Waals surface area contributed by atoms with E-state index >= 15 is 0 Å². The van der Waals surface area contributed by atoms with Gasteiger partial charge in [-0.25, -0.2) is 0 Å². The Bertz CT molecular complexity index is 445. The van der Waals surface area contributed by atoms with Gasteiger partial charge in [0.15, 0.2) is 0 Å². The van der Waals surface area contributed by atoms with Crippen molar-refractivity contribution >= 4 is 44.6 Å². The van der Waals surface area contributed by atoms with Gasteiger partial charge in [0.2, 0.25) is 0 Å². The van der Waals surface area contributed by atoms with E-state index in [1.807, 2.05) is 13.0 Å². The topological polar surface area (TPSA) is 0 Å². The van der Waals surface area contributed by atoms with Crippen LogP contribution in [0, 0.1) is 6.92 Å². The summed E-state index contributed by atoms with van der Waals surface area (Å²) in [5.41, 5.74) is 2.36. The van der Waals surface area contributed by atoms with Crippen molar-refractivity contribution in [1.82, 2.24) is 0 Å². The Labute approximate surface area is 91.1 Å². The van der Waals surface area contributed by atoms with Crippen molar-refractivity contribution in [3.63, 3.8) is 0 Å². The summed E-state index contributed by atoms with van der Waals surface area (Å²) < 4.78 is 1.14. The third kappa shape index (κ3) is 1.56. The lowest BCUT2D eigenvalue weighted by Crippen LogP contribution is -1.76. The van der Waals surface area contributed by atoms with Gasteiger partial charge in [-0.15, -0.1) is 22.9 Å². The van der Waals surface area contributed by atoms with Gasteiger partial charge in [0, 0.05) is 5.88 Å².